The lowest BCUT2D eigenvalue weighted by Crippen LogP contribution is -1.93. The van der Waals surface area contributed by atoms with E-state index in [1.165, 1.54) is 5.56 Å². The maximum Gasteiger partial charge on any atom is 0.419 e. The Morgan fingerprint density at radius 1 is 1.00 bits per heavy atom. The number of phenolic OH excluding ortho intramolecular Hbond substituents is 1. The van der Waals surface area contributed by atoms with Crippen molar-refractivity contribution >= 4 is 0 Å². The van der Waals surface area contributed by atoms with Crippen LogP contribution in [0.15, 0.2) is 33.5 Å². The SMILES string of the molecule is O=c1[nH]c(O)c(CCCCCc2ccc(O)cc2)o1. The fraction of sp³-hybridized carbons (Fsp3) is 0.357. The van der Waals surface area contributed by atoms with E-state index in [2.05, 4.69) is 4.98 Å². The first-order valence-electron chi connectivity index (χ1n) is 6.34. The van der Waals surface area contributed by atoms with E-state index in [1.807, 2.05) is 12.1 Å². The minimum absolute atomic E-state index is 0.163. The van der Waals surface area contributed by atoms with Gasteiger partial charge in [-0.05, 0) is 37.0 Å². The van der Waals surface area contributed by atoms with Crippen molar-refractivity contribution < 1.29 is 14.6 Å². The Morgan fingerprint density at radius 3 is 2.32 bits per heavy atom. The Hall–Kier alpha value is -2.17. The van der Waals surface area contributed by atoms with Crippen LogP contribution in [0.4, 0.5) is 0 Å². The second-order valence-electron chi connectivity index (χ2n) is 4.51. The number of benzene rings is 1. The lowest BCUT2D eigenvalue weighted by molar-refractivity contribution is 0.415. The van der Waals surface area contributed by atoms with Gasteiger partial charge in [0.05, 0.1) is 0 Å². The van der Waals surface area contributed by atoms with Crippen molar-refractivity contribution in [3.8, 4) is 11.6 Å². The van der Waals surface area contributed by atoms with Gasteiger partial charge in [0, 0.05) is 6.42 Å². The molecule has 2 rings (SSSR count). The molecule has 0 aliphatic rings. The number of H-pyrrole nitrogens is 1. The molecule has 1 aromatic heterocycles. The molecule has 1 heterocycles. The summed E-state index contributed by atoms with van der Waals surface area (Å²) in [5.74, 6) is -0.170. The van der Waals surface area contributed by atoms with Gasteiger partial charge < -0.3 is 14.6 Å². The molecule has 0 radical (unpaired) electrons. The van der Waals surface area contributed by atoms with E-state index in [4.69, 9.17) is 9.52 Å². The molecule has 0 amide bonds. The third-order valence-electron chi connectivity index (χ3n) is 3.01. The van der Waals surface area contributed by atoms with E-state index in [1.54, 1.807) is 12.1 Å². The number of rotatable bonds is 6. The molecule has 0 saturated carbocycles. The van der Waals surface area contributed by atoms with Crippen LogP contribution in [0.3, 0.4) is 0 Å². The molecule has 0 fully saturated rings. The molecule has 3 N–H and O–H groups in total. The molecule has 0 atom stereocenters. The fourth-order valence-electron chi connectivity index (χ4n) is 1.98. The first kappa shape index (κ1) is 13.3. The van der Waals surface area contributed by atoms with E-state index in [0.717, 1.165) is 25.7 Å². The Bertz CT molecular complexity index is 568. The maximum atomic E-state index is 10.8. The predicted octanol–water partition coefficient (Wildman–Crippen LogP) is 2.33. The third kappa shape index (κ3) is 3.91. The van der Waals surface area contributed by atoms with Crippen LogP contribution in [-0.2, 0) is 12.8 Å². The third-order valence-corrected chi connectivity index (χ3v) is 3.01. The number of hydrogen-bond acceptors (Lipinski definition) is 4. The average Bonchev–Trinajstić information content (AvgIpc) is 2.70. The Kier molecular flexibility index (Phi) is 4.28. The molecule has 0 spiro atoms. The highest BCUT2D eigenvalue weighted by Crippen LogP contribution is 2.16. The highest BCUT2D eigenvalue weighted by Gasteiger charge is 2.07. The average molecular weight is 263 g/mol. The van der Waals surface area contributed by atoms with Gasteiger partial charge in [-0.2, -0.15) is 0 Å². The zero-order chi connectivity index (χ0) is 13.7. The van der Waals surface area contributed by atoms with Crippen LogP contribution in [0, 0.1) is 0 Å². The van der Waals surface area contributed by atoms with E-state index in [9.17, 15) is 9.90 Å². The van der Waals surface area contributed by atoms with Gasteiger partial charge in [0.2, 0.25) is 5.88 Å². The Balaban J connectivity index is 1.68. The molecule has 5 heteroatoms. The summed E-state index contributed by atoms with van der Waals surface area (Å²) in [5.41, 5.74) is 1.19. The van der Waals surface area contributed by atoms with Gasteiger partial charge >= 0.3 is 5.76 Å². The standard InChI is InChI=1S/C14H17NO4/c16-11-8-6-10(7-9-11)4-2-1-3-5-12-13(17)15-14(18)19-12/h6-9,16-17H,1-5H2,(H,15,18). The lowest BCUT2D eigenvalue weighted by atomic mass is 10.1. The van der Waals surface area contributed by atoms with E-state index in [-0.39, 0.29) is 11.6 Å². The van der Waals surface area contributed by atoms with Crippen molar-refractivity contribution in [1.29, 1.82) is 0 Å². The molecule has 0 aliphatic heterocycles. The Labute approximate surface area is 110 Å². The fourth-order valence-corrected chi connectivity index (χ4v) is 1.98. The van der Waals surface area contributed by atoms with Crippen LogP contribution in [0.25, 0.3) is 0 Å². The number of hydrogen-bond donors (Lipinski definition) is 3. The number of aryl methyl sites for hydroxylation is 2. The summed E-state index contributed by atoms with van der Waals surface area (Å²) >= 11 is 0. The topological polar surface area (TPSA) is 86.5 Å². The van der Waals surface area contributed by atoms with Gasteiger partial charge in [0.1, 0.15) is 5.75 Å². The van der Waals surface area contributed by atoms with Crippen LogP contribution in [0.2, 0.25) is 0 Å². The molecule has 2 aromatic rings. The summed E-state index contributed by atoms with van der Waals surface area (Å²) in [6.45, 7) is 0. The number of aromatic nitrogens is 1. The molecule has 1 aromatic carbocycles. The Morgan fingerprint density at radius 2 is 1.68 bits per heavy atom. The molecule has 5 nitrogen and oxygen atoms in total. The number of aromatic amines is 1. The first-order valence-corrected chi connectivity index (χ1v) is 6.34. The zero-order valence-corrected chi connectivity index (χ0v) is 10.6. The zero-order valence-electron chi connectivity index (χ0n) is 10.6. The summed E-state index contributed by atoms with van der Waals surface area (Å²) in [6, 6.07) is 7.18. The molecule has 0 saturated heterocycles. The minimum Gasteiger partial charge on any atom is -0.508 e. The molecular formula is C14H17NO4. The number of aromatic hydroxyl groups is 2. The van der Waals surface area contributed by atoms with Crippen molar-refractivity contribution in [2.75, 3.05) is 0 Å². The smallest absolute Gasteiger partial charge is 0.419 e. The first-order chi connectivity index (χ1) is 9.15. The molecule has 102 valence electrons. The van der Waals surface area contributed by atoms with Gasteiger partial charge in [0.25, 0.3) is 0 Å². The summed E-state index contributed by atoms with van der Waals surface area (Å²) in [6.07, 6.45) is 4.35. The van der Waals surface area contributed by atoms with Crippen LogP contribution in [-0.4, -0.2) is 15.2 Å². The summed E-state index contributed by atoms with van der Waals surface area (Å²) in [7, 11) is 0. The largest absolute Gasteiger partial charge is 0.508 e. The molecule has 0 bridgehead atoms. The highest BCUT2D eigenvalue weighted by molar-refractivity contribution is 5.25. The van der Waals surface area contributed by atoms with Crippen LogP contribution < -0.4 is 5.76 Å². The van der Waals surface area contributed by atoms with Crippen LogP contribution >= 0.6 is 0 Å². The maximum absolute atomic E-state index is 10.8. The molecule has 0 aliphatic carbocycles. The summed E-state index contributed by atoms with van der Waals surface area (Å²) < 4.78 is 4.80. The van der Waals surface area contributed by atoms with E-state index < -0.39 is 5.76 Å². The van der Waals surface area contributed by atoms with Gasteiger partial charge in [0.15, 0.2) is 5.76 Å². The van der Waals surface area contributed by atoms with E-state index in [0.29, 0.717) is 12.2 Å². The predicted molar refractivity (Wildman–Crippen MR) is 70.4 cm³/mol. The number of oxazole rings is 1. The summed E-state index contributed by atoms with van der Waals surface area (Å²) in [4.78, 5) is 13.0. The number of nitrogens with one attached hydrogen (secondary N) is 1. The minimum atomic E-state index is -0.614. The van der Waals surface area contributed by atoms with Gasteiger partial charge in [-0.1, -0.05) is 18.6 Å². The van der Waals surface area contributed by atoms with E-state index >= 15 is 0 Å². The van der Waals surface area contributed by atoms with Gasteiger partial charge in [-0.15, -0.1) is 0 Å². The van der Waals surface area contributed by atoms with Gasteiger partial charge in [-0.25, -0.2) is 4.79 Å². The number of unbranched alkanes of at least 4 members (excludes halogenated alkanes) is 2. The lowest BCUT2D eigenvalue weighted by Gasteiger charge is -2.01. The monoisotopic (exact) mass is 263 g/mol. The number of phenols is 1. The molecule has 0 unspecified atom stereocenters. The van der Waals surface area contributed by atoms with Crippen molar-refractivity contribution in [2.24, 2.45) is 0 Å². The normalized spacial score (nSPS) is 10.7. The highest BCUT2D eigenvalue weighted by atomic mass is 16.4. The van der Waals surface area contributed by atoms with Crippen molar-refractivity contribution in [1.82, 2.24) is 4.98 Å². The van der Waals surface area contributed by atoms with Crippen molar-refractivity contribution in [2.45, 2.75) is 32.1 Å². The van der Waals surface area contributed by atoms with Crippen molar-refractivity contribution in [3.05, 3.63) is 46.1 Å². The molecular weight excluding hydrogens is 246 g/mol. The van der Waals surface area contributed by atoms with Crippen molar-refractivity contribution in [3.63, 3.8) is 0 Å². The second kappa shape index (κ2) is 6.13. The summed E-state index contributed by atoms with van der Waals surface area (Å²) in [5, 5.41) is 18.5. The van der Waals surface area contributed by atoms with Crippen LogP contribution in [0.5, 0.6) is 11.6 Å². The quantitative estimate of drug-likeness (QED) is 0.698. The second-order valence-corrected chi connectivity index (χ2v) is 4.51. The van der Waals surface area contributed by atoms with Gasteiger partial charge in [-0.3, -0.25) is 4.98 Å². The van der Waals surface area contributed by atoms with Crippen LogP contribution in [0.1, 0.15) is 30.6 Å². The molecule has 19 heavy (non-hydrogen) atoms.